The van der Waals surface area contributed by atoms with Crippen molar-refractivity contribution in [2.45, 2.75) is 31.5 Å². The van der Waals surface area contributed by atoms with Crippen LogP contribution in [-0.2, 0) is 32.6 Å². The molecule has 0 N–H and O–H groups in total. The van der Waals surface area contributed by atoms with Crippen LogP contribution in [0.5, 0.6) is 11.5 Å². The van der Waals surface area contributed by atoms with Crippen molar-refractivity contribution in [2.75, 3.05) is 27.4 Å². The van der Waals surface area contributed by atoms with Crippen LogP contribution in [0.4, 0.5) is 0 Å². The van der Waals surface area contributed by atoms with Crippen molar-refractivity contribution in [1.29, 1.82) is 0 Å². The normalized spacial score (nSPS) is 20.8. The molecule has 2 aliphatic rings. The lowest BCUT2D eigenvalue weighted by Crippen LogP contribution is -2.52. The lowest BCUT2D eigenvalue weighted by atomic mass is 9.76. The van der Waals surface area contributed by atoms with E-state index in [1.807, 2.05) is 54.6 Å². The molecule has 36 heavy (non-hydrogen) atoms. The van der Waals surface area contributed by atoms with Crippen LogP contribution in [0.1, 0.15) is 45.8 Å². The molecule has 1 fully saturated rings. The molecule has 0 aliphatic carbocycles. The van der Waals surface area contributed by atoms with Gasteiger partial charge in [-0.15, -0.1) is 0 Å². The van der Waals surface area contributed by atoms with E-state index in [1.165, 1.54) is 0 Å². The van der Waals surface area contributed by atoms with Gasteiger partial charge in [-0.25, -0.2) is 14.5 Å². The smallest absolute Gasteiger partial charge is 0.338 e. The van der Waals surface area contributed by atoms with E-state index in [-0.39, 0.29) is 19.0 Å². The maximum atomic E-state index is 14.0. The average molecular weight is 488 g/mol. The molecule has 0 spiro atoms. The summed E-state index contributed by atoms with van der Waals surface area (Å²) in [6.07, 6.45) is 0.401. The molecule has 2 heterocycles. The highest BCUT2D eigenvalue weighted by atomic mass is 16.6. The van der Waals surface area contributed by atoms with Gasteiger partial charge < -0.3 is 18.9 Å². The second-order valence-corrected chi connectivity index (χ2v) is 8.89. The highest BCUT2D eigenvalue weighted by Crippen LogP contribution is 2.51. The molecule has 3 aromatic rings. The first-order valence-corrected chi connectivity index (χ1v) is 12.1. The Labute approximate surface area is 210 Å². The number of ether oxygens (including phenoxy) is 4. The topological polar surface area (TPSA) is 74.3 Å². The third kappa shape index (κ3) is 3.80. The van der Waals surface area contributed by atoms with Crippen LogP contribution < -0.4 is 9.47 Å². The number of esters is 2. The van der Waals surface area contributed by atoms with E-state index in [9.17, 15) is 9.59 Å². The van der Waals surface area contributed by atoms with Gasteiger partial charge in [0.25, 0.3) is 0 Å². The second kappa shape index (κ2) is 9.66. The van der Waals surface area contributed by atoms with Crippen LogP contribution in [0.15, 0.2) is 66.7 Å². The van der Waals surface area contributed by atoms with Crippen LogP contribution in [0.3, 0.4) is 0 Å². The lowest BCUT2D eigenvalue weighted by Gasteiger charge is -2.42. The fourth-order valence-corrected chi connectivity index (χ4v) is 5.40. The molecule has 0 saturated carbocycles. The summed E-state index contributed by atoms with van der Waals surface area (Å²) in [4.78, 5) is 28.9. The Kier molecular flexibility index (Phi) is 6.41. The van der Waals surface area contributed by atoms with Gasteiger partial charge >= 0.3 is 11.9 Å². The van der Waals surface area contributed by atoms with Crippen molar-refractivity contribution in [3.63, 3.8) is 0 Å². The molecule has 2 unspecified atom stereocenters. The number of carbonyl (C=O) groups excluding carboxylic acids is 2. The summed E-state index contributed by atoms with van der Waals surface area (Å²) in [7, 11) is 3.17. The van der Waals surface area contributed by atoms with Gasteiger partial charge in [0.05, 0.1) is 26.4 Å². The molecule has 1 saturated heterocycles. The molecule has 186 valence electrons. The van der Waals surface area contributed by atoms with Gasteiger partial charge in [0.2, 0.25) is 0 Å². The molecule has 2 atom stereocenters. The van der Waals surface area contributed by atoms with Crippen LogP contribution in [0.25, 0.3) is 0 Å². The van der Waals surface area contributed by atoms with Crippen molar-refractivity contribution in [3.8, 4) is 11.5 Å². The quantitative estimate of drug-likeness (QED) is 0.457. The number of cyclic esters (lactones) is 1. The summed E-state index contributed by atoms with van der Waals surface area (Å²) in [5.74, 6) is 0.374. The third-order valence-corrected chi connectivity index (χ3v) is 7.05. The van der Waals surface area contributed by atoms with Gasteiger partial charge in [0, 0.05) is 18.5 Å². The van der Waals surface area contributed by atoms with Gasteiger partial charge in [-0.2, -0.15) is 0 Å². The molecular formula is C29H29NO6. The molecule has 0 radical (unpaired) electrons. The first kappa shape index (κ1) is 23.9. The molecule has 0 amide bonds. The second-order valence-electron chi connectivity index (χ2n) is 8.89. The fourth-order valence-electron chi connectivity index (χ4n) is 5.40. The van der Waals surface area contributed by atoms with Crippen LogP contribution in [0.2, 0.25) is 0 Å². The summed E-state index contributed by atoms with van der Waals surface area (Å²) in [5, 5.41) is 0. The number of benzene rings is 3. The summed E-state index contributed by atoms with van der Waals surface area (Å²) in [6, 6.07) is 20.8. The van der Waals surface area contributed by atoms with Crippen molar-refractivity contribution in [2.24, 2.45) is 0 Å². The SMILES string of the molecule is CCOC(=O)c1ccccc1CC12C(=O)OC(c3ccccc3)N1CCc1cc(OC)c(OC)cc12. The number of carbonyl (C=O) groups is 2. The minimum Gasteiger partial charge on any atom is -0.493 e. The zero-order chi connectivity index (χ0) is 25.3. The zero-order valence-electron chi connectivity index (χ0n) is 20.7. The van der Waals surface area contributed by atoms with E-state index in [1.54, 1.807) is 33.3 Å². The van der Waals surface area contributed by atoms with Crippen molar-refractivity contribution >= 4 is 11.9 Å². The van der Waals surface area contributed by atoms with Gasteiger partial charge in [-0.1, -0.05) is 48.5 Å². The Bertz CT molecular complexity index is 1290. The number of nitrogens with zero attached hydrogens (tertiary/aromatic N) is 1. The van der Waals surface area contributed by atoms with Crippen molar-refractivity contribution in [1.82, 2.24) is 4.90 Å². The molecule has 0 aromatic heterocycles. The molecule has 3 aromatic carbocycles. The minimum absolute atomic E-state index is 0.243. The number of hydrogen-bond donors (Lipinski definition) is 0. The zero-order valence-corrected chi connectivity index (χ0v) is 20.7. The Morgan fingerprint density at radius 3 is 2.44 bits per heavy atom. The Morgan fingerprint density at radius 2 is 1.72 bits per heavy atom. The van der Waals surface area contributed by atoms with Crippen molar-refractivity contribution < 1.29 is 28.5 Å². The molecular weight excluding hydrogens is 458 g/mol. The van der Waals surface area contributed by atoms with Gasteiger partial charge in [0.15, 0.2) is 23.3 Å². The van der Waals surface area contributed by atoms with E-state index in [2.05, 4.69) is 4.90 Å². The van der Waals surface area contributed by atoms with Crippen molar-refractivity contribution in [3.05, 3.63) is 94.5 Å². The van der Waals surface area contributed by atoms with Crippen LogP contribution in [-0.4, -0.2) is 44.2 Å². The van der Waals surface area contributed by atoms with Gasteiger partial charge in [-0.3, -0.25) is 0 Å². The largest absolute Gasteiger partial charge is 0.493 e. The summed E-state index contributed by atoms with van der Waals surface area (Å²) < 4.78 is 22.6. The number of hydrogen-bond acceptors (Lipinski definition) is 7. The molecule has 7 nitrogen and oxygen atoms in total. The first-order chi connectivity index (χ1) is 17.5. The first-order valence-electron chi connectivity index (χ1n) is 12.1. The maximum absolute atomic E-state index is 14.0. The summed E-state index contributed by atoms with van der Waals surface area (Å²) >= 11 is 0. The number of rotatable bonds is 7. The predicted octanol–water partition coefficient (Wildman–Crippen LogP) is 4.43. The summed E-state index contributed by atoms with van der Waals surface area (Å²) in [5.41, 5.74) is 2.69. The van der Waals surface area contributed by atoms with E-state index in [0.29, 0.717) is 35.6 Å². The minimum atomic E-state index is -1.16. The number of methoxy groups -OCH3 is 2. The Balaban J connectivity index is 1.70. The lowest BCUT2D eigenvalue weighted by molar-refractivity contribution is -0.146. The molecule has 2 aliphatic heterocycles. The van der Waals surface area contributed by atoms with E-state index in [0.717, 1.165) is 16.7 Å². The Morgan fingerprint density at radius 1 is 1.03 bits per heavy atom. The highest BCUT2D eigenvalue weighted by Gasteiger charge is 2.59. The van der Waals surface area contributed by atoms with E-state index < -0.39 is 17.7 Å². The molecule has 5 rings (SSSR count). The van der Waals surface area contributed by atoms with E-state index >= 15 is 0 Å². The predicted molar refractivity (Wildman–Crippen MR) is 133 cm³/mol. The fraction of sp³-hybridized carbons (Fsp3) is 0.310. The molecule has 0 bridgehead atoms. The van der Waals surface area contributed by atoms with Crippen LogP contribution >= 0.6 is 0 Å². The highest BCUT2D eigenvalue weighted by molar-refractivity contribution is 5.92. The number of fused-ring (bicyclic) bond motifs is 3. The summed E-state index contributed by atoms with van der Waals surface area (Å²) in [6.45, 7) is 2.63. The standard InChI is InChI=1S/C29H29NO6/c1-4-35-27(31)22-13-9-8-12-21(22)18-29-23-17-25(34-3)24(33-2)16-20(23)14-15-30(29)26(36-28(29)32)19-10-6-5-7-11-19/h5-13,16-17,26H,4,14-15,18H2,1-3H3. The molecule has 7 heteroatoms. The van der Waals surface area contributed by atoms with Gasteiger partial charge in [-0.05, 0) is 48.2 Å². The van der Waals surface area contributed by atoms with Crippen LogP contribution in [0, 0.1) is 0 Å². The van der Waals surface area contributed by atoms with E-state index in [4.69, 9.17) is 18.9 Å². The Hall–Kier alpha value is -3.84. The van der Waals surface area contributed by atoms with Gasteiger partial charge in [0.1, 0.15) is 0 Å². The third-order valence-electron chi connectivity index (χ3n) is 7.05. The average Bonchev–Trinajstić information content (AvgIpc) is 3.20. The monoisotopic (exact) mass is 487 g/mol. The maximum Gasteiger partial charge on any atom is 0.338 e.